The van der Waals surface area contributed by atoms with Crippen LogP contribution in [0.5, 0.6) is 0 Å². The highest BCUT2D eigenvalue weighted by Crippen LogP contribution is 2.12. The summed E-state index contributed by atoms with van der Waals surface area (Å²) in [6, 6.07) is 5.71. The summed E-state index contributed by atoms with van der Waals surface area (Å²) < 4.78 is 1.08. The van der Waals surface area contributed by atoms with E-state index in [1.165, 1.54) is 0 Å². The summed E-state index contributed by atoms with van der Waals surface area (Å²) in [7, 11) is 0. The molecule has 0 aliphatic heterocycles. The molecule has 0 unspecified atom stereocenters. The average Bonchev–Trinajstić information content (AvgIpc) is 2.03. The van der Waals surface area contributed by atoms with Gasteiger partial charge in [-0.3, -0.25) is 4.79 Å². The normalized spacial score (nSPS) is 9.64. The highest BCUT2D eigenvalue weighted by molar-refractivity contribution is 14.1. The van der Waals surface area contributed by atoms with Gasteiger partial charge in [-0.25, -0.2) is 0 Å². The van der Waals surface area contributed by atoms with Crippen molar-refractivity contribution in [2.24, 2.45) is 0 Å². The van der Waals surface area contributed by atoms with Crippen LogP contribution in [0.2, 0.25) is 0 Å². The van der Waals surface area contributed by atoms with Crippen molar-refractivity contribution in [2.75, 3.05) is 0 Å². The van der Waals surface area contributed by atoms with Gasteiger partial charge in [0, 0.05) is 14.9 Å². The molecule has 0 heterocycles. The van der Waals surface area contributed by atoms with Crippen LogP contribution in [0.1, 0.15) is 15.9 Å². The van der Waals surface area contributed by atoms with E-state index in [0.29, 0.717) is 5.75 Å². The van der Waals surface area contributed by atoms with Crippen molar-refractivity contribution in [1.29, 1.82) is 0 Å². The van der Waals surface area contributed by atoms with Crippen LogP contribution in [-0.2, 0) is 5.75 Å². The Morgan fingerprint density at radius 2 is 2.18 bits per heavy atom. The van der Waals surface area contributed by atoms with Crippen molar-refractivity contribution in [3.63, 3.8) is 0 Å². The van der Waals surface area contributed by atoms with Crippen LogP contribution < -0.4 is 0 Å². The lowest BCUT2D eigenvalue weighted by Gasteiger charge is -1.98. The number of carbonyl (C=O) groups is 1. The Hall–Kier alpha value is -0.0300. The first-order valence-electron chi connectivity index (χ1n) is 3.12. The van der Waals surface area contributed by atoms with Crippen LogP contribution in [0.3, 0.4) is 0 Å². The Labute approximate surface area is 84.7 Å². The van der Waals surface area contributed by atoms with Gasteiger partial charge in [0.15, 0.2) is 0 Å². The highest BCUT2D eigenvalue weighted by Gasteiger charge is 1.95. The summed E-state index contributed by atoms with van der Waals surface area (Å²) in [5, 5.41) is 0. The van der Waals surface area contributed by atoms with Gasteiger partial charge in [0.2, 0.25) is 0 Å². The fraction of sp³-hybridized carbons (Fsp3) is 0.125. The smallest absolute Gasteiger partial charge is 0.150 e. The third-order valence-electron chi connectivity index (χ3n) is 1.30. The summed E-state index contributed by atoms with van der Waals surface area (Å²) >= 11 is 6.31. The fourth-order valence-corrected chi connectivity index (χ4v) is 1.78. The maximum absolute atomic E-state index is 10.4. The maximum atomic E-state index is 10.4. The fourth-order valence-electron chi connectivity index (χ4n) is 0.835. The first-order valence-corrected chi connectivity index (χ1v) is 4.83. The second-order valence-corrected chi connectivity index (χ2v) is 3.73. The largest absolute Gasteiger partial charge is 0.298 e. The monoisotopic (exact) mass is 278 g/mol. The Morgan fingerprint density at radius 1 is 1.45 bits per heavy atom. The summed E-state index contributed by atoms with van der Waals surface area (Å²) in [6.07, 6.45) is 0.856. The molecule has 0 N–H and O–H groups in total. The average molecular weight is 278 g/mol. The number of thiol groups is 1. The number of benzene rings is 1. The molecule has 3 heteroatoms. The minimum absolute atomic E-state index is 0.678. The Balaban J connectivity index is 3.11. The number of carbonyl (C=O) groups excluding carboxylic acids is 1. The zero-order valence-electron chi connectivity index (χ0n) is 5.75. The minimum Gasteiger partial charge on any atom is -0.298 e. The number of halogens is 1. The van der Waals surface area contributed by atoms with Crippen LogP contribution in [0.25, 0.3) is 0 Å². The predicted octanol–water partition coefficient (Wildman–Crippen LogP) is 2.53. The third-order valence-corrected chi connectivity index (χ3v) is 2.29. The minimum atomic E-state index is 0.678. The first kappa shape index (κ1) is 9.06. The van der Waals surface area contributed by atoms with Gasteiger partial charge in [0.1, 0.15) is 6.29 Å². The van der Waals surface area contributed by atoms with Crippen molar-refractivity contribution in [3.05, 3.63) is 32.9 Å². The lowest BCUT2D eigenvalue weighted by atomic mass is 10.2. The van der Waals surface area contributed by atoms with Crippen molar-refractivity contribution in [3.8, 4) is 0 Å². The van der Waals surface area contributed by atoms with Crippen LogP contribution >= 0.6 is 35.2 Å². The van der Waals surface area contributed by atoms with Crippen LogP contribution in [0, 0.1) is 3.57 Å². The number of rotatable bonds is 2. The number of aldehydes is 1. The molecule has 1 aromatic rings. The standard InChI is InChI=1S/C8H7IOS/c9-8-2-6(4-10)1-7(3-8)5-11/h1-4,11H,5H2. The molecule has 0 spiro atoms. The Kier molecular flexibility index (Phi) is 3.39. The highest BCUT2D eigenvalue weighted by atomic mass is 127. The molecule has 0 amide bonds. The maximum Gasteiger partial charge on any atom is 0.150 e. The molecule has 0 atom stereocenters. The molecule has 11 heavy (non-hydrogen) atoms. The number of hydrogen-bond acceptors (Lipinski definition) is 2. The van der Waals surface area contributed by atoms with Gasteiger partial charge in [0.05, 0.1) is 0 Å². The van der Waals surface area contributed by atoms with Crippen molar-refractivity contribution >= 4 is 41.5 Å². The van der Waals surface area contributed by atoms with Gasteiger partial charge < -0.3 is 0 Å². The van der Waals surface area contributed by atoms with Crippen LogP contribution in [0.4, 0.5) is 0 Å². The van der Waals surface area contributed by atoms with Gasteiger partial charge in [-0.05, 0) is 46.4 Å². The molecule has 0 saturated heterocycles. The van der Waals surface area contributed by atoms with E-state index < -0.39 is 0 Å². The molecule has 0 bridgehead atoms. The summed E-state index contributed by atoms with van der Waals surface area (Å²) in [4.78, 5) is 10.4. The topological polar surface area (TPSA) is 17.1 Å². The van der Waals surface area contributed by atoms with Gasteiger partial charge in [-0.2, -0.15) is 12.6 Å². The van der Waals surface area contributed by atoms with E-state index >= 15 is 0 Å². The molecule has 58 valence electrons. The zero-order valence-corrected chi connectivity index (χ0v) is 8.80. The second-order valence-electron chi connectivity index (χ2n) is 2.17. The Morgan fingerprint density at radius 3 is 2.73 bits per heavy atom. The predicted molar refractivity (Wildman–Crippen MR) is 57.2 cm³/mol. The van der Waals surface area contributed by atoms with E-state index in [1.54, 1.807) is 0 Å². The number of hydrogen-bond donors (Lipinski definition) is 1. The molecule has 0 aliphatic carbocycles. The molecule has 1 rings (SSSR count). The third kappa shape index (κ3) is 2.48. The molecule has 0 aliphatic rings. The van der Waals surface area contributed by atoms with Crippen LogP contribution in [0.15, 0.2) is 18.2 Å². The first-order chi connectivity index (χ1) is 5.26. The molecular weight excluding hydrogens is 271 g/mol. The quantitative estimate of drug-likeness (QED) is 0.500. The van der Waals surface area contributed by atoms with Crippen LogP contribution in [-0.4, -0.2) is 6.29 Å². The van der Waals surface area contributed by atoms with Gasteiger partial charge >= 0.3 is 0 Å². The molecule has 0 radical (unpaired) electrons. The van der Waals surface area contributed by atoms with Crippen molar-refractivity contribution in [2.45, 2.75) is 5.75 Å². The summed E-state index contributed by atoms with van der Waals surface area (Å²) in [5.74, 6) is 0.678. The van der Waals surface area contributed by atoms with E-state index in [2.05, 4.69) is 35.2 Å². The second kappa shape index (κ2) is 4.11. The van der Waals surface area contributed by atoms with Crippen molar-refractivity contribution < 1.29 is 4.79 Å². The molecule has 1 aromatic carbocycles. The van der Waals surface area contributed by atoms with E-state index in [9.17, 15) is 4.79 Å². The Bertz CT molecular complexity index is 273. The zero-order chi connectivity index (χ0) is 8.27. The van der Waals surface area contributed by atoms with E-state index in [4.69, 9.17) is 0 Å². The molecule has 0 aromatic heterocycles. The van der Waals surface area contributed by atoms with E-state index in [-0.39, 0.29) is 0 Å². The lowest BCUT2D eigenvalue weighted by molar-refractivity contribution is 0.112. The van der Waals surface area contributed by atoms with Gasteiger partial charge in [0.25, 0.3) is 0 Å². The van der Waals surface area contributed by atoms with Gasteiger partial charge in [-0.15, -0.1) is 0 Å². The summed E-state index contributed by atoms with van der Waals surface area (Å²) in [6.45, 7) is 0. The summed E-state index contributed by atoms with van der Waals surface area (Å²) in [5.41, 5.74) is 1.81. The molecular formula is C8H7IOS. The van der Waals surface area contributed by atoms with Gasteiger partial charge in [-0.1, -0.05) is 0 Å². The lowest BCUT2D eigenvalue weighted by Crippen LogP contribution is -1.85. The van der Waals surface area contributed by atoms with E-state index in [1.807, 2.05) is 18.2 Å². The molecule has 1 nitrogen and oxygen atoms in total. The molecule has 0 fully saturated rings. The van der Waals surface area contributed by atoms with Crippen molar-refractivity contribution in [1.82, 2.24) is 0 Å². The SMILES string of the molecule is O=Cc1cc(I)cc(CS)c1. The van der Waals surface area contributed by atoms with E-state index in [0.717, 1.165) is 21.0 Å². The molecule has 0 saturated carbocycles.